The molecule has 1 atom stereocenters. The van der Waals surface area contributed by atoms with Crippen LogP contribution in [0.1, 0.15) is 25.2 Å². The Hall–Kier alpha value is -1.62. The van der Waals surface area contributed by atoms with Crippen molar-refractivity contribution < 1.29 is 4.52 Å². The van der Waals surface area contributed by atoms with Gasteiger partial charge in [-0.1, -0.05) is 5.16 Å². The van der Waals surface area contributed by atoms with Gasteiger partial charge in [-0.15, -0.1) is 0 Å². The summed E-state index contributed by atoms with van der Waals surface area (Å²) in [6.07, 6.45) is 3.11. The van der Waals surface area contributed by atoms with Crippen molar-refractivity contribution >= 4 is 0 Å². The predicted octanol–water partition coefficient (Wildman–Crippen LogP) is 1.63. The minimum absolute atomic E-state index is 0.376. The first-order valence-corrected chi connectivity index (χ1v) is 6.08. The second kappa shape index (κ2) is 4.33. The van der Waals surface area contributed by atoms with Crippen LogP contribution in [-0.4, -0.2) is 27.8 Å². The molecule has 2 aromatic heterocycles. The molecule has 0 amide bonds. The fraction of sp³-hybridized carbons (Fsp3) is 0.500. The van der Waals surface area contributed by atoms with Crippen LogP contribution in [0, 0.1) is 0 Å². The number of aromatic nitrogens is 3. The number of hydrogen-bond donors (Lipinski definition) is 1. The molecular formula is C12H16N4O. The highest BCUT2D eigenvalue weighted by molar-refractivity contribution is 5.49. The summed E-state index contributed by atoms with van der Waals surface area (Å²) in [5.41, 5.74) is 1.02. The standard InChI is InChI=1S/C12H16N4O/c1-2-16-7-3-4-10(16)11-14-12(17-15-11)9-5-6-13-8-9/h3-4,7,9,13H,2,5-6,8H2,1H3. The first-order chi connectivity index (χ1) is 8.38. The molecule has 0 aromatic carbocycles. The predicted molar refractivity (Wildman–Crippen MR) is 63.6 cm³/mol. The summed E-state index contributed by atoms with van der Waals surface area (Å²) in [4.78, 5) is 4.50. The highest BCUT2D eigenvalue weighted by Gasteiger charge is 2.23. The van der Waals surface area contributed by atoms with Crippen LogP contribution in [0.5, 0.6) is 0 Å². The summed E-state index contributed by atoms with van der Waals surface area (Å²) < 4.78 is 7.47. The molecule has 1 aliphatic heterocycles. The summed E-state index contributed by atoms with van der Waals surface area (Å²) >= 11 is 0. The monoisotopic (exact) mass is 232 g/mol. The van der Waals surface area contributed by atoms with Crippen LogP contribution in [0.15, 0.2) is 22.9 Å². The summed E-state index contributed by atoms with van der Waals surface area (Å²) in [7, 11) is 0. The van der Waals surface area contributed by atoms with E-state index in [1.54, 1.807) is 0 Å². The van der Waals surface area contributed by atoms with Crippen LogP contribution in [0.2, 0.25) is 0 Å². The summed E-state index contributed by atoms with van der Waals surface area (Å²) in [6.45, 7) is 4.99. The third kappa shape index (κ3) is 1.86. The van der Waals surface area contributed by atoms with Gasteiger partial charge in [0.15, 0.2) is 0 Å². The first-order valence-electron chi connectivity index (χ1n) is 6.08. The van der Waals surface area contributed by atoms with Crippen LogP contribution < -0.4 is 5.32 Å². The zero-order valence-corrected chi connectivity index (χ0v) is 9.89. The molecule has 0 aliphatic carbocycles. The second-order valence-electron chi connectivity index (χ2n) is 4.33. The Labute approximate surface area is 99.8 Å². The number of aryl methyl sites for hydroxylation is 1. The molecule has 5 nitrogen and oxygen atoms in total. The topological polar surface area (TPSA) is 55.9 Å². The molecule has 5 heteroatoms. The van der Waals surface area contributed by atoms with Crippen molar-refractivity contribution in [3.05, 3.63) is 24.2 Å². The minimum atomic E-state index is 0.376. The van der Waals surface area contributed by atoms with E-state index in [2.05, 4.69) is 26.9 Å². The lowest BCUT2D eigenvalue weighted by molar-refractivity contribution is 0.359. The highest BCUT2D eigenvalue weighted by Crippen LogP contribution is 2.24. The Bertz CT molecular complexity index is 496. The van der Waals surface area contributed by atoms with Gasteiger partial charge < -0.3 is 14.4 Å². The van der Waals surface area contributed by atoms with Gasteiger partial charge in [-0.25, -0.2) is 0 Å². The Morgan fingerprint density at radius 2 is 2.53 bits per heavy atom. The third-order valence-electron chi connectivity index (χ3n) is 3.25. The van der Waals surface area contributed by atoms with Gasteiger partial charge in [-0.3, -0.25) is 0 Å². The number of rotatable bonds is 3. The van der Waals surface area contributed by atoms with E-state index < -0.39 is 0 Å². The van der Waals surface area contributed by atoms with E-state index in [0.29, 0.717) is 11.7 Å². The molecule has 1 unspecified atom stereocenters. The maximum Gasteiger partial charge on any atom is 0.231 e. The minimum Gasteiger partial charge on any atom is -0.345 e. The number of nitrogens with one attached hydrogen (secondary N) is 1. The van der Waals surface area contributed by atoms with E-state index >= 15 is 0 Å². The lowest BCUT2D eigenvalue weighted by atomic mass is 10.1. The SMILES string of the molecule is CCn1cccc1-c1noc(C2CCNC2)n1. The quantitative estimate of drug-likeness (QED) is 0.874. The summed E-state index contributed by atoms with van der Waals surface area (Å²) in [5.74, 6) is 1.83. The fourth-order valence-electron chi connectivity index (χ4n) is 2.26. The fourth-order valence-corrected chi connectivity index (χ4v) is 2.26. The molecule has 0 saturated carbocycles. The molecule has 1 N–H and O–H groups in total. The Morgan fingerprint density at radius 1 is 1.59 bits per heavy atom. The van der Waals surface area contributed by atoms with Gasteiger partial charge in [0.2, 0.25) is 11.7 Å². The van der Waals surface area contributed by atoms with Crippen molar-refractivity contribution in [3.8, 4) is 11.5 Å². The van der Waals surface area contributed by atoms with Crippen molar-refractivity contribution in [3.63, 3.8) is 0 Å². The van der Waals surface area contributed by atoms with E-state index in [-0.39, 0.29) is 0 Å². The Kier molecular flexibility index (Phi) is 2.68. The lowest BCUT2D eigenvalue weighted by Crippen LogP contribution is -2.08. The average Bonchev–Trinajstić information content (AvgIpc) is 3.09. The zero-order valence-electron chi connectivity index (χ0n) is 9.89. The largest absolute Gasteiger partial charge is 0.345 e. The van der Waals surface area contributed by atoms with Crippen molar-refractivity contribution in [2.45, 2.75) is 25.8 Å². The highest BCUT2D eigenvalue weighted by atomic mass is 16.5. The molecule has 3 rings (SSSR count). The smallest absolute Gasteiger partial charge is 0.231 e. The van der Waals surface area contributed by atoms with Crippen molar-refractivity contribution in [2.24, 2.45) is 0 Å². The van der Waals surface area contributed by atoms with E-state index in [1.807, 2.05) is 18.3 Å². The molecule has 0 spiro atoms. The molecule has 17 heavy (non-hydrogen) atoms. The van der Waals surface area contributed by atoms with Gasteiger partial charge in [0.1, 0.15) is 0 Å². The van der Waals surface area contributed by atoms with Crippen LogP contribution >= 0.6 is 0 Å². The summed E-state index contributed by atoms with van der Waals surface area (Å²) in [6, 6.07) is 4.02. The van der Waals surface area contributed by atoms with Gasteiger partial charge in [0.25, 0.3) is 0 Å². The molecule has 1 fully saturated rings. The van der Waals surface area contributed by atoms with Crippen LogP contribution in [-0.2, 0) is 6.54 Å². The summed E-state index contributed by atoms with van der Waals surface area (Å²) in [5, 5.41) is 7.38. The second-order valence-corrected chi connectivity index (χ2v) is 4.33. The van der Waals surface area contributed by atoms with Crippen LogP contribution in [0.3, 0.4) is 0 Å². The molecule has 1 aliphatic rings. The number of nitrogens with zero attached hydrogens (tertiary/aromatic N) is 3. The van der Waals surface area contributed by atoms with Crippen molar-refractivity contribution in [1.29, 1.82) is 0 Å². The molecular weight excluding hydrogens is 216 g/mol. The zero-order chi connectivity index (χ0) is 11.7. The van der Waals surface area contributed by atoms with Gasteiger partial charge in [0.05, 0.1) is 11.6 Å². The lowest BCUT2D eigenvalue weighted by Gasteiger charge is -2.01. The molecule has 3 heterocycles. The van der Waals surface area contributed by atoms with E-state index in [4.69, 9.17) is 4.52 Å². The maximum absolute atomic E-state index is 5.36. The Balaban J connectivity index is 1.89. The molecule has 90 valence electrons. The van der Waals surface area contributed by atoms with Crippen molar-refractivity contribution in [1.82, 2.24) is 20.0 Å². The van der Waals surface area contributed by atoms with Gasteiger partial charge >= 0.3 is 0 Å². The van der Waals surface area contributed by atoms with E-state index in [0.717, 1.165) is 37.6 Å². The molecule has 0 radical (unpaired) electrons. The normalized spacial score (nSPS) is 19.9. The molecule has 0 bridgehead atoms. The first kappa shape index (κ1) is 10.5. The van der Waals surface area contributed by atoms with Gasteiger partial charge in [-0.05, 0) is 32.0 Å². The number of hydrogen-bond acceptors (Lipinski definition) is 4. The van der Waals surface area contributed by atoms with Gasteiger partial charge in [0, 0.05) is 19.3 Å². The molecule has 2 aromatic rings. The molecule has 1 saturated heterocycles. The van der Waals surface area contributed by atoms with E-state index in [9.17, 15) is 0 Å². The van der Waals surface area contributed by atoms with E-state index in [1.165, 1.54) is 0 Å². The average molecular weight is 232 g/mol. The van der Waals surface area contributed by atoms with Gasteiger partial charge in [-0.2, -0.15) is 4.98 Å². The Morgan fingerprint density at radius 3 is 3.29 bits per heavy atom. The van der Waals surface area contributed by atoms with Crippen LogP contribution in [0.4, 0.5) is 0 Å². The van der Waals surface area contributed by atoms with Crippen LogP contribution in [0.25, 0.3) is 11.5 Å². The third-order valence-corrected chi connectivity index (χ3v) is 3.25. The maximum atomic E-state index is 5.36. The van der Waals surface area contributed by atoms with Crippen molar-refractivity contribution in [2.75, 3.05) is 13.1 Å².